The standard InChI is InChI=1S/C42H70O11/c1-4-6-11-30-51-42(46)37-31-36(52-40(44)32-16-20-34(21-17-32)49-28-14-9-10-15-29-50-39(43)5-2)24-25-38(37)53-41(45)33-18-22-35(23-19-33)48-27-13-8-7-12-26-47-3/h5,32-38H,2,4,6-31H2,1,3H3. The van der Waals surface area contributed by atoms with Gasteiger partial charge in [0.1, 0.15) is 12.2 Å². The van der Waals surface area contributed by atoms with Crippen LogP contribution in [0.1, 0.15) is 148 Å². The molecule has 11 heteroatoms. The first kappa shape index (κ1) is 44.9. The van der Waals surface area contributed by atoms with Crippen LogP contribution in [0.2, 0.25) is 0 Å². The lowest BCUT2D eigenvalue weighted by Gasteiger charge is -2.36. The summed E-state index contributed by atoms with van der Waals surface area (Å²) in [6.07, 6.45) is 19.0. The fourth-order valence-electron chi connectivity index (χ4n) is 7.66. The van der Waals surface area contributed by atoms with Crippen LogP contribution in [0.4, 0.5) is 0 Å². The van der Waals surface area contributed by atoms with Crippen molar-refractivity contribution in [2.45, 2.75) is 173 Å². The van der Waals surface area contributed by atoms with Gasteiger partial charge >= 0.3 is 23.9 Å². The fraction of sp³-hybridized carbons (Fsp3) is 0.857. The fourth-order valence-corrected chi connectivity index (χ4v) is 7.66. The van der Waals surface area contributed by atoms with Crippen LogP contribution in [-0.4, -0.2) is 88.4 Å². The van der Waals surface area contributed by atoms with Crippen LogP contribution in [0.3, 0.4) is 0 Å². The highest BCUT2D eigenvalue weighted by molar-refractivity contribution is 5.81. The number of hydrogen-bond acceptors (Lipinski definition) is 11. The van der Waals surface area contributed by atoms with Gasteiger partial charge < -0.3 is 33.2 Å². The van der Waals surface area contributed by atoms with E-state index in [9.17, 15) is 19.2 Å². The quantitative estimate of drug-likeness (QED) is 0.0369. The van der Waals surface area contributed by atoms with Gasteiger partial charge in [0.05, 0.1) is 43.2 Å². The van der Waals surface area contributed by atoms with E-state index in [-0.39, 0.29) is 47.9 Å². The molecule has 0 aliphatic heterocycles. The smallest absolute Gasteiger partial charge is 0.330 e. The van der Waals surface area contributed by atoms with Crippen molar-refractivity contribution in [2.24, 2.45) is 17.8 Å². The first-order valence-corrected chi connectivity index (χ1v) is 20.9. The van der Waals surface area contributed by atoms with Gasteiger partial charge in [-0.05, 0) is 103 Å². The molecule has 3 rings (SSSR count). The first-order chi connectivity index (χ1) is 25.8. The van der Waals surface area contributed by atoms with Gasteiger partial charge in [-0.3, -0.25) is 14.4 Å². The molecule has 304 valence electrons. The summed E-state index contributed by atoms with van der Waals surface area (Å²) >= 11 is 0. The third-order valence-corrected chi connectivity index (χ3v) is 11.0. The van der Waals surface area contributed by atoms with Crippen molar-refractivity contribution in [1.82, 2.24) is 0 Å². The normalized spacial score (nSPS) is 26.0. The Bertz CT molecular complexity index is 1050. The highest BCUT2D eigenvalue weighted by Crippen LogP contribution is 2.35. The van der Waals surface area contributed by atoms with Gasteiger partial charge in [-0.1, -0.05) is 45.6 Å². The van der Waals surface area contributed by atoms with Gasteiger partial charge in [0.25, 0.3) is 0 Å². The van der Waals surface area contributed by atoms with Crippen molar-refractivity contribution in [3.63, 3.8) is 0 Å². The molecule has 3 unspecified atom stereocenters. The molecule has 53 heavy (non-hydrogen) atoms. The topological polar surface area (TPSA) is 133 Å². The van der Waals surface area contributed by atoms with E-state index in [0.717, 1.165) is 135 Å². The lowest BCUT2D eigenvalue weighted by Crippen LogP contribution is -2.43. The summed E-state index contributed by atoms with van der Waals surface area (Å²) in [7, 11) is 1.73. The molecule has 0 spiro atoms. The predicted octanol–water partition coefficient (Wildman–Crippen LogP) is 7.99. The molecule has 0 N–H and O–H groups in total. The van der Waals surface area contributed by atoms with E-state index in [2.05, 4.69) is 13.5 Å². The van der Waals surface area contributed by atoms with Crippen LogP contribution < -0.4 is 0 Å². The van der Waals surface area contributed by atoms with Crippen LogP contribution in [0.5, 0.6) is 0 Å². The van der Waals surface area contributed by atoms with Crippen LogP contribution in [-0.2, 0) is 52.3 Å². The van der Waals surface area contributed by atoms with E-state index < -0.39 is 18.1 Å². The third kappa shape index (κ3) is 18.1. The minimum atomic E-state index is -0.651. The second kappa shape index (κ2) is 27.1. The molecule has 3 aliphatic rings. The Morgan fingerprint density at radius 1 is 0.547 bits per heavy atom. The zero-order valence-corrected chi connectivity index (χ0v) is 32.9. The largest absolute Gasteiger partial charge is 0.465 e. The molecule has 0 aromatic heterocycles. The van der Waals surface area contributed by atoms with Crippen molar-refractivity contribution < 1.29 is 52.3 Å². The number of hydrogen-bond donors (Lipinski definition) is 0. The van der Waals surface area contributed by atoms with Crippen molar-refractivity contribution in [3.05, 3.63) is 12.7 Å². The molecule has 0 bridgehead atoms. The lowest BCUT2D eigenvalue weighted by molar-refractivity contribution is -0.177. The van der Waals surface area contributed by atoms with E-state index in [0.29, 0.717) is 39.1 Å². The van der Waals surface area contributed by atoms with Gasteiger partial charge in [-0.2, -0.15) is 0 Å². The lowest BCUT2D eigenvalue weighted by atomic mass is 9.83. The van der Waals surface area contributed by atoms with Gasteiger partial charge in [-0.15, -0.1) is 0 Å². The van der Waals surface area contributed by atoms with Crippen LogP contribution in [0, 0.1) is 17.8 Å². The Labute approximate surface area is 318 Å². The number of ether oxygens (including phenoxy) is 7. The highest BCUT2D eigenvalue weighted by Gasteiger charge is 2.42. The number of rotatable bonds is 26. The highest BCUT2D eigenvalue weighted by atomic mass is 16.6. The van der Waals surface area contributed by atoms with Crippen LogP contribution >= 0.6 is 0 Å². The molecule has 3 atom stereocenters. The van der Waals surface area contributed by atoms with E-state index in [4.69, 9.17) is 33.2 Å². The minimum absolute atomic E-state index is 0.147. The Balaban J connectivity index is 1.38. The van der Waals surface area contributed by atoms with Gasteiger partial charge in [0.2, 0.25) is 0 Å². The Morgan fingerprint density at radius 3 is 1.58 bits per heavy atom. The van der Waals surface area contributed by atoms with E-state index in [1.165, 1.54) is 6.08 Å². The molecular weight excluding hydrogens is 680 g/mol. The molecule has 3 saturated carbocycles. The Hall–Kier alpha value is -2.50. The van der Waals surface area contributed by atoms with Crippen molar-refractivity contribution in [3.8, 4) is 0 Å². The minimum Gasteiger partial charge on any atom is -0.465 e. The molecule has 0 saturated heterocycles. The van der Waals surface area contributed by atoms with Crippen molar-refractivity contribution >= 4 is 23.9 Å². The van der Waals surface area contributed by atoms with Gasteiger partial charge in [-0.25, -0.2) is 4.79 Å². The Kier molecular flexibility index (Phi) is 23.0. The maximum absolute atomic E-state index is 13.3. The molecule has 0 aromatic rings. The molecule has 0 amide bonds. The molecule has 0 aromatic carbocycles. The molecule has 0 heterocycles. The summed E-state index contributed by atoms with van der Waals surface area (Å²) in [4.78, 5) is 51.0. The third-order valence-electron chi connectivity index (χ3n) is 11.0. The van der Waals surface area contributed by atoms with E-state index in [1.54, 1.807) is 7.11 Å². The predicted molar refractivity (Wildman–Crippen MR) is 201 cm³/mol. The number of esters is 4. The number of carbonyl (C=O) groups is 4. The second-order valence-corrected chi connectivity index (χ2v) is 15.2. The Morgan fingerprint density at radius 2 is 1.04 bits per heavy atom. The zero-order chi connectivity index (χ0) is 38.1. The van der Waals surface area contributed by atoms with Gasteiger partial charge in [0, 0.05) is 39.4 Å². The maximum Gasteiger partial charge on any atom is 0.330 e. The first-order valence-electron chi connectivity index (χ1n) is 20.9. The number of unbranched alkanes of at least 4 members (excludes halogenated alkanes) is 8. The molecule has 3 aliphatic carbocycles. The maximum atomic E-state index is 13.3. The number of carbonyl (C=O) groups excluding carboxylic acids is 4. The average Bonchev–Trinajstić information content (AvgIpc) is 3.18. The van der Waals surface area contributed by atoms with E-state index in [1.807, 2.05) is 0 Å². The molecule has 0 radical (unpaired) electrons. The summed E-state index contributed by atoms with van der Waals surface area (Å²) in [6.45, 7) is 8.48. The summed E-state index contributed by atoms with van der Waals surface area (Å²) in [5, 5.41) is 0. The van der Waals surface area contributed by atoms with Crippen LogP contribution in [0.15, 0.2) is 12.7 Å². The molecular formula is C42H70O11. The zero-order valence-electron chi connectivity index (χ0n) is 32.9. The second-order valence-electron chi connectivity index (χ2n) is 15.2. The van der Waals surface area contributed by atoms with E-state index >= 15 is 0 Å². The summed E-state index contributed by atoms with van der Waals surface area (Å²) in [5.41, 5.74) is 0. The van der Waals surface area contributed by atoms with Crippen molar-refractivity contribution in [1.29, 1.82) is 0 Å². The van der Waals surface area contributed by atoms with Gasteiger partial charge in [0.15, 0.2) is 0 Å². The van der Waals surface area contributed by atoms with Crippen LogP contribution in [0.25, 0.3) is 0 Å². The number of methoxy groups -OCH3 is 1. The monoisotopic (exact) mass is 750 g/mol. The summed E-state index contributed by atoms with van der Waals surface area (Å²) in [5.74, 6) is -2.22. The molecule has 3 fully saturated rings. The average molecular weight is 751 g/mol. The summed E-state index contributed by atoms with van der Waals surface area (Å²) in [6, 6.07) is 0. The van der Waals surface area contributed by atoms with Crippen molar-refractivity contribution in [2.75, 3.05) is 40.1 Å². The SMILES string of the molecule is C=CC(=O)OCCCCCCOC1CCC(C(=O)OC2CCC(OC(=O)C3CCC(OCCCCCCOC)CC3)C(C(=O)OCCCCC)C2)CC1. The molecule has 11 nitrogen and oxygen atoms in total. The summed E-state index contributed by atoms with van der Waals surface area (Å²) < 4.78 is 40.0.